The molecule has 0 radical (unpaired) electrons. The lowest BCUT2D eigenvalue weighted by molar-refractivity contribution is 0.115. The Morgan fingerprint density at radius 3 is 2.73 bits per heavy atom. The molecule has 1 fully saturated rings. The van der Waals surface area contributed by atoms with Crippen molar-refractivity contribution >= 4 is 6.09 Å². The molecule has 0 aromatic carbocycles. The lowest BCUT2D eigenvalue weighted by Gasteiger charge is -2.22. The maximum atomic E-state index is 10.5. The summed E-state index contributed by atoms with van der Waals surface area (Å²) in [5.74, 6) is 0. The molecule has 0 atom stereocenters. The minimum absolute atomic E-state index is 0.620. The third kappa shape index (κ3) is 2.76. The minimum atomic E-state index is -0.869. The number of nitrogens with one attached hydrogen (secondary N) is 1. The van der Waals surface area contributed by atoms with Gasteiger partial charge in [0.05, 0.1) is 0 Å². The zero-order valence-corrected chi connectivity index (χ0v) is 6.55. The van der Waals surface area contributed by atoms with Gasteiger partial charge in [0.1, 0.15) is 0 Å². The molecule has 1 saturated heterocycles. The van der Waals surface area contributed by atoms with E-state index in [9.17, 15) is 4.79 Å². The van der Waals surface area contributed by atoms with Crippen LogP contribution >= 0.6 is 0 Å². The lowest BCUT2D eigenvalue weighted by atomic mass is 10.2. The number of carboxylic acid groups (broad SMARTS) is 1. The number of nitrogens with zero attached hydrogens (tertiary/aromatic N) is 1. The van der Waals surface area contributed by atoms with E-state index in [-0.39, 0.29) is 0 Å². The van der Waals surface area contributed by atoms with Gasteiger partial charge in [0.2, 0.25) is 0 Å². The normalized spacial score (nSPS) is 20.5. The topological polar surface area (TPSA) is 52.6 Å². The van der Waals surface area contributed by atoms with E-state index in [4.69, 9.17) is 5.11 Å². The van der Waals surface area contributed by atoms with E-state index >= 15 is 0 Å². The van der Waals surface area contributed by atoms with E-state index in [1.165, 1.54) is 11.4 Å². The van der Waals surface area contributed by atoms with Crippen molar-refractivity contribution < 1.29 is 9.90 Å². The van der Waals surface area contributed by atoms with Gasteiger partial charge in [-0.2, -0.15) is 0 Å². The van der Waals surface area contributed by atoms with E-state index < -0.39 is 6.09 Å². The monoisotopic (exact) mass is 158 g/mol. The summed E-state index contributed by atoms with van der Waals surface area (Å²) in [7, 11) is 0. The fourth-order valence-electron chi connectivity index (χ4n) is 1.20. The van der Waals surface area contributed by atoms with E-state index in [0.29, 0.717) is 6.54 Å². The largest absolute Gasteiger partial charge is 0.464 e. The van der Waals surface area contributed by atoms with Gasteiger partial charge in [-0.15, -0.1) is 0 Å². The van der Waals surface area contributed by atoms with E-state index in [0.717, 1.165) is 25.8 Å². The van der Waals surface area contributed by atoms with Gasteiger partial charge in [0.25, 0.3) is 0 Å². The summed E-state index contributed by atoms with van der Waals surface area (Å²) >= 11 is 0. The van der Waals surface area contributed by atoms with Gasteiger partial charge in [0.15, 0.2) is 0 Å². The average molecular weight is 158 g/mol. The van der Waals surface area contributed by atoms with Gasteiger partial charge >= 0.3 is 6.09 Å². The molecule has 1 aliphatic heterocycles. The summed E-state index contributed by atoms with van der Waals surface area (Å²) in [6.45, 7) is 1.40. The molecular formula is C7H14N2O2. The van der Waals surface area contributed by atoms with Crippen LogP contribution in [-0.2, 0) is 0 Å². The van der Waals surface area contributed by atoms with Crippen molar-refractivity contribution in [2.24, 2.45) is 0 Å². The highest BCUT2D eigenvalue weighted by molar-refractivity contribution is 5.64. The second kappa shape index (κ2) is 4.18. The average Bonchev–Trinajstić information content (AvgIpc) is 1.84. The predicted molar refractivity (Wildman–Crippen MR) is 41.2 cm³/mol. The first-order valence-electron chi connectivity index (χ1n) is 4.04. The number of hydrogen-bond donors (Lipinski definition) is 2. The Morgan fingerprint density at radius 2 is 2.00 bits per heavy atom. The number of hydrogen-bond acceptors (Lipinski definition) is 2. The molecule has 0 aromatic rings. The summed E-state index contributed by atoms with van der Waals surface area (Å²) in [6.07, 6.45) is 3.53. The van der Waals surface area contributed by atoms with Crippen LogP contribution in [-0.4, -0.2) is 29.3 Å². The van der Waals surface area contributed by atoms with E-state index in [2.05, 4.69) is 5.43 Å². The first-order chi connectivity index (χ1) is 5.30. The number of amides is 1. The molecular weight excluding hydrogens is 144 g/mol. The summed E-state index contributed by atoms with van der Waals surface area (Å²) in [5.41, 5.74) is 2.85. The molecule has 0 saturated carbocycles. The standard InChI is InChI=1S/C7H14N2O2/c10-7(11)9-6-4-2-1-3-5-8-9/h8H,1-6H2,(H,10,11). The molecule has 0 aromatic heterocycles. The van der Waals surface area contributed by atoms with Crippen molar-refractivity contribution in [3.05, 3.63) is 0 Å². The molecule has 1 amide bonds. The quantitative estimate of drug-likeness (QED) is 0.554. The van der Waals surface area contributed by atoms with Crippen molar-refractivity contribution in [2.75, 3.05) is 13.1 Å². The first-order valence-corrected chi connectivity index (χ1v) is 4.04. The van der Waals surface area contributed by atoms with Gasteiger partial charge < -0.3 is 5.11 Å². The van der Waals surface area contributed by atoms with Crippen molar-refractivity contribution in [3.8, 4) is 0 Å². The molecule has 1 aliphatic rings. The minimum Gasteiger partial charge on any atom is -0.464 e. The van der Waals surface area contributed by atoms with Crippen LogP contribution in [0, 0.1) is 0 Å². The summed E-state index contributed by atoms with van der Waals surface area (Å²) < 4.78 is 0. The third-order valence-corrected chi connectivity index (χ3v) is 1.84. The van der Waals surface area contributed by atoms with Crippen LogP contribution in [0.4, 0.5) is 4.79 Å². The number of carbonyl (C=O) groups is 1. The smallest absolute Gasteiger partial charge is 0.421 e. The highest BCUT2D eigenvalue weighted by Gasteiger charge is 2.11. The number of rotatable bonds is 0. The molecule has 4 nitrogen and oxygen atoms in total. The number of hydrazine groups is 1. The van der Waals surface area contributed by atoms with Gasteiger partial charge in [-0.1, -0.05) is 12.8 Å². The lowest BCUT2D eigenvalue weighted by Crippen LogP contribution is -2.43. The molecule has 0 spiro atoms. The van der Waals surface area contributed by atoms with Crippen LogP contribution < -0.4 is 5.43 Å². The Balaban J connectivity index is 2.32. The third-order valence-electron chi connectivity index (χ3n) is 1.84. The van der Waals surface area contributed by atoms with Crippen LogP contribution in [0.15, 0.2) is 0 Å². The summed E-state index contributed by atoms with van der Waals surface area (Å²) in [5, 5.41) is 9.90. The van der Waals surface area contributed by atoms with Gasteiger partial charge in [-0.25, -0.2) is 15.2 Å². The molecule has 1 rings (SSSR count). The van der Waals surface area contributed by atoms with Crippen LogP contribution in [0.2, 0.25) is 0 Å². The fraction of sp³-hybridized carbons (Fsp3) is 0.857. The molecule has 4 heteroatoms. The van der Waals surface area contributed by atoms with Gasteiger partial charge in [-0.3, -0.25) is 0 Å². The summed E-state index contributed by atoms with van der Waals surface area (Å²) in [4.78, 5) is 10.5. The highest BCUT2D eigenvalue weighted by Crippen LogP contribution is 2.03. The first kappa shape index (κ1) is 8.33. The maximum Gasteiger partial charge on any atom is 0.421 e. The van der Waals surface area contributed by atoms with E-state index in [1.807, 2.05) is 0 Å². The second-order valence-corrected chi connectivity index (χ2v) is 2.76. The Labute approximate surface area is 66.2 Å². The Kier molecular flexibility index (Phi) is 3.16. The molecule has 11 heavy (non-hydrogen) atoms. The predicted octanol–water partition coefficient (Wildman–Crippen LogP) is 1.04. The second-order valence-electron chi connectivity index (χ2n) is 2.76. The van der Waals surface area contributed by atoms with Crippen molar-refractivity contribution in [3.63, 3.8) is 0 Å². The zero-order valence-electron chi connectivity index (χ0n) is 6.55. The van der Waals surface area contributed by atoms with Crippen molar-refractivity contribution in [1.82, 2.24) is 10.4 Å². The van der Waals surface area contributed by atoms with Crippen LogP contribution in [0.1, 0.15) is 25.7 Å². The molecule has 1 heterocycles. The van der Waals surface area contributed by atoms with E-state index in [1.54, 1.807) is 0 Å². The Hall–Kier alpha value is -0.770. The molecule has 64 valence electrons. The SMILES string of the molecule is O=C(O)N1CCCCCCN1. The maximum absolute atomic E-state index is 10.5. The molecule has 2 N–H and O–H groups in total. The van der Waals surface area contributed by atoms with Gasteiger partial charge in [0, 0.05) is 13.1 Å². The van der Waals surface area contributed by atoms with Crippen molar-refractivity contribution in [1.29, 1.82) is 0 Å². The molecule has 0 unspecified atom stereocenters. The Bertz CT molecular complexity index is 130. The molecule has 0 aliphatic carbocycles. The highest BCUT2D eigenvalue weighted by atomic mass is 16.4. The van der Waals surface area contributed by atoms with Crippen LogP contribution in [0.5, 0.6) is 0 Å². The van der Waals surface area contributed by atoms with Crippen LogP contribution in [0.3, 0.4) is 0 Å². The zero-order chi connectivity index (χ0) is 8.10. The fourth-order valence-corrected chi connectivity index (χ4v) is 1.20. The molecule has 0 bridgehead atoms. The summed E-state index contributed by atoms with van der Waals surface area (Å²) in [6, 6.07) is 0. The van der Waals surface area contributed by atoms with Gasteiger partial charge in [-0.05, 0) is 12.8 Å². The van der Waals surface area contributed by atoms with Crippen molar-refractivity contribution in [2.45, 2.75) is 25.7 Å². The Morgan fingerprint density at radius 1 is 1.27 bits per heavy atom. The van der Waals surface area contributed by atoms with Crippen LogP contribution in [0.25, 0.3) is 0 Å².